The van der Waals surface area contributed by atoms with Crippen LogP contribution in [0.2, 0.25) is 0 Å². The Kier molecular flexibility index (Phi) is 1.60. The molecular formula is C5H7F3N2. The number of rotatable bonds is 0. The summed E-state index contributed by atoms with van der Waals surface area (Å²) >= 11 is 0. The molecular weight excluding hydrogens is 145 g/mol. The molecule has 0 radical (unpaired) electrons. The lowest BCUT2D eigenvalue weighted by Crippen LogP contribution is -2.42. The number of hydrazine groups is 1. The summed E-state index contributed by atoms with van der Waals surface area (Å²) in [5, 5.41) is 1.28. The molecule has 1 atom stereocenters. The minimum Gasteiger partial charge on any atom is -0.318 e. The van der Waals surface area contributed by atoms with Crippen molar-refractivity contribution in [2.75, 3.05) is 7.05 Å². The summed E-state index contributed by atoms with van der Waals surface area (Å²) in [6, 6.07) is -1.52. The summed E-state index contributed by atoms with van der Waals surface area (Å²) < 4.78 is 35.4. The number of alkyl halides is 3. The van der Waals surface area contributed by atoms with Crippen molar-refractivity contribution in [2.24, 2.45) is 0 Å². The van der Waals surface area contributed by atoms with E-state index in [2.05, 4.69) is 5.43 Å². The standard InChI is InChI=1S/C5H7F3N2/c1-10-3-2-4(9-10)5(6,7)8/h2-4,9H,1H3. The number of halogens is 3. The SMILES string of the molecule is CN1C=CC(C(F)(F)F)N1. The molecule has 0 bridgehead atoms. The summed E-state index contributed by atoms with van der Waals surface area (Å²) in [4.78, 5) is 0. The highest BCUT2D eigenvalue weighted by Gasteiger charge is 2.40. The second kappa shape index (κ2) is 2.16. The Morgan fingerprint density at radius 3 is 2.30 bits per heavy atom. The molecule has 2 nitrogen and oxygen atoms in total. The highest BCUT2D eigenvalue weighted by Crippen LogP contribution is 2.23. The smallest absolute Gasteiger partial charge is 0.318 e. The van der Waals surface area contributed by atoms with Crippen molar-refractivity contribution >= 4 is 0 Å². The molecule has 58 valence electrons. The summed E-state index contributed by atoms with van der Waals surface area (Å²) in [7, 11) is 1.52. The van der Waals surface area contributed by atoms with Crippen LogP contribution in [0, 0.1) is 0 Å². The van der Waals surface area contributed by atoms with Gasteiger partial charge in [-0.1, -0.05) is 0 Å². The van der Waals surface area contributed by atoms with Gasteiger partial charge in [0, 0.05) is 13.2 Å². The Hall–Kier alpha value is -0.710. The third kappa shape index (κ3) is 1.41. The maximum absolute atomic E-state index is 11.8. The third-order valence-electron chi connectivity index (χ3n) is 1.20. The second-order valence-electron chi connectivity index (χ2n) is 2.10. The fourth-order valence-corrected chi connectivity index (χ4v) is 0.703. The zero-order chi connectivity index (χ0) is 7.78. The van der Waals surface area contributed by atoms with E-state index in [-0.39, 0.29) is 0 Å². The van der Waals surface area contributed by atoms with Gasteiger partial charge in [-0.2, -0.15) is 13.2 Å². The predicted molar refractivity (Wildman–Crippen MR) is 29.9 cm³/mol. The van der Waals surface area contributed by atoms with Gasteiger partial charge >= 0.3 is 6.18 Å². The lowest BCUT2D eigenvalue weighted by atomic mass is 10.3. The molecule has 10 heavy (non-hydrogen) atoms. The molecule has 1 N–H and O–H groups in total. The van der Waals surface area contributed by atoms with E-state index in [0.29, 0.717) is 0 Å². The molecule has 1 aliphatic heterocycles. The lowest BCUT2D eigenvalue weighted by Gasteiger charge is -2.16. The van der Waals surface area contributed by atoms with Crippen molar-refractivity contribution < 1.29 is 13.2 Å². The molecule has 1 rings (SSSR count). The third-order valence-corrected chi connectivity index (χ3v) is 1.20. The molecule has 0 aromatic heterocycles. The minimum absolute atomic E-state index is 1.07. The van der Waals surface area contributed by atoms with Gasteiger partial charge in [-0.25, -0.2) is 5.43 Å². The van der Waals surface area contributed by atoms with Crippen LogP contribution in [0.25, 0.3) is 0 Å². The van der Waals surface area contributed by atoms with Gasteiger partial charge in [0.15, 0.2) is 0 Å². The molecule has 1 aliphatic rings. The molecule has 1 unspecified atom stereocenters. The number of hydrogen-bond donors (Lipinski definition) is 1. The van der Waals surface area contributed by atoms with E-state index in [1.807, 2.05) is 0 Å². The molecule has 0 aliphatic carbocycles. The van der Waals surface area contributed by atoms with E-state index in [0.717, 1.165) is 6.08 Å². The van der Waals surface area contributed by atoms with Crippen LogP contribution in [-0.2, 0) is 0 Å². The first-order chi connectivity index (χ1) is 4.50. The molecule has 0 saturated heterocycles. The number of nitrogens with one attached hydrogen (secondary N) is 1. The van der Waals surface area contributed by atoms with Gasteiger partial charge in [0.25, 0.3) is 0 Å². The summed E-state index contributed by atoms with van der Waals surface area (Å²) in [6.45, 7) is 0. The van der Waals surface area contributed by atoms with Gasteiger partial charge in [0.1, 0.15) is 6.04 Å². The maximum atomic E-state index is 11.8. The van der Waals surface area contributed by atoms with Crippen LogP contribution in [0.1, 0.15) is 0 Å². The van der Waals surface area contributed by atoms with E-state index >= 15 is 0 Å². The maximum Gasteiger partial charge on any atom is 0.409 e. The molecule has 1 heterocycles. The lowest BCUT2D eigenvalue weighted by molar-refractivity contribution is -0.148. The average molecular weight is 152 g/mol. The normalized spacial score (nSPS) is 26.0. The zero-order valence-electron chi connectivity index (χ0n) is 5.31. The van der Waals surface area contributed by atoms with Crippen LogP contribution in [0.15, 0.2) is 12.3 Å². The first-order valence-electron chi connectivity index (χ1n) is 2.74. The molecule has 0 aromatic carbocycles. The Balaban J connectivity index is 2.55. The van der Waals surface area contributed by atoms with Crippen LogP contribution < -0.4 is 5.43 Å². The summed E-state index contributed by atoms with van der Waals surface area (Å²) in [5.41, 5.74) is 2.19. The summed E-state index contributed by atoms with van der Waals surface area (Å²) in [6.07, 6.45) is -1.76. The minimum atomic E-state index is -4.18. The Bertz CT molecular complexity index is 151. The predicted octanol–water partition coefficient (Wildman–Crippen LogP) is 0.881. The number of hydrogen-bond acceptors (Lipinski definition) is 2. The van der Waals surface area contributed by atoms with E-state index in [1.54, 1.807) is 0 Å². The summed E-state index contributed by atoms with van der Waals surface area (Å²) in [5.74, 6) is 0. The monoisotopic (exact) mass is 152 g/mol. The van der Waals surface area contributed by atoms with E-state index in [1.165, 1.54) is 18.3 Å². The topological polar surface area (TPSA) is 15.3 Å². The van der Waals surface area contributed by atoms with E-state index in [4.69, 9.17) is 0 Å². The zero-order valence-corrected chi connectivity index (χ0v) is 5.31. The molecule has 5 heteroatoms. The van der Waals surface area contributed by atoms with Crippen molar-refractivity contribution in [3.63, 3.8) is 0 Å². The highest BCUT2D eigenvalue weighted by atomic mass is 19.4. The fraction of sp³-hybridized carbons (Fsp3) is 0.600. The van der Waals surface area contributed by atoms with E-state index < -0.39 is 12.2 Å². The van der Waals surface area contributed by atoms with Crippen LogP contribution in [-0.4, -0.2) is 24.3 Å². The van der Waals surface area contributed by atoms with Gasteiger partial charge in [0.2, 0.25) is 0 Å². The largest absolute Gasteiger partial charge is 0.409 e. The fourth-order valence-electron chi connectivity index (χ4n) is 0.703. The number of nitrogens with zero attached hydrogens (tertiary/aromatic N) is 1. The Labute approximate surface area is 56.3 Å². The van der Waals surface area contributed by atoms with Crippen LogP contribution in [0.3, 0.4) is 0 Å². The molecule has 0 aromatic rings. The molecule has 0 amide bonds. The van der Waals surface area contributed by atoms with Crippen molar-refractivity contribution in [2.45, 2.75) is 12.2 Å². The van der Waals surface area contributed by atoms with Gasteiger partial charge in [0.05, 0.1) is 0 Å². The Morgan fingerprint density at radius 1 is 1.50 bits per heavy atom. The molecule has 0 saturated carbocycles. The highest BCUT2D eigenvalue weighted by molar-refractivity contribution is 5.01. The van der Waals surface area contributed by atoms with Crippen molar-refractivity contribution in [1.29, 1.82) is 0 Å². The van der Waals surface area contributed by atoms with Gasteiger partial charge in [-0.05, 0) is 6.08 Å². The van der Waals surface area contributed by atoms with Crippen LogP contribution in [0.4, 0.5) is 13.2 Å². The first-order valence-corrected chi connectivity index (χ1v) is 2.74. The first kappa shape index (κ1) is 7.40. The van der Waals surface area contributed by atoms with Crippen molar-refractivity contribution in [1.82, 2.24) is 10.4 Å². The van der Waals surface area contributed by atoms with Crippen LogP contribution in [0.5, 0.6) is 0 Å². The van der Waals surface area contributed by atoms with Gasteiger partial charge in [-0.15, -0.1) is 0 Å². The quantitative estimate of drug-likeness (QED) is 0.554. The Morgan fingerprint density at radius 2 is 2.10 bits per heavy atom. The van der Waals surface area contributed by atoms with Crippen LogP contribution >= 0.6 is 0 Å². The molecule has 0 fully saturated rings. The second-order valence-corrected chi connectivity index (χ2v) is 2.10. The van der Waals surface area contributed by atoms with Crippen molar-refractivity contribution in [3.05, 3.63) is 12.3 Å². The average Bonchev–Trinajstić information content (AvgIpc) is 2.11. The van der Waals surface area contributed by atoms with Gasteiger partial charge in [-0.3, -0.25) is 0 Å². The molecule has 0 spiro atoms. The van der Waals surface area contributed by atoms with E-state index in [9.17, 15) is 13.2 Å². The van der Waals surface area contributed by atoms with Gasteiger partial charge < -0.3 is 5.01 Å². The van der Waals surface area contributed by atoms with Crippen molar-refractivity contribution in [3.8, 4) is 0 Å².